The molecule has 0 aromatic rings. The zero-order chi connectivity index (χ0) is 10.0. The summed E-state index contributed by atoms with van der Waals surface area (Å²) in [4.78, 5) is 12.1. The molecule has 1 rings (SSSR count). The number of carboxylic acid groups (broad SMARTS) is 1. The lowest BCUT2D eigenvalue weighted by atomic mass is 10.3. The van der Waals surface area contributed by atoms with Crippen molar-refractivity contribution in [2.75, 3.05) is 19.6 Å². The van der Waals surface area contributed by atoms with Gasteiger partial charge in [-0.15, -0.1) is 0 Å². The van der Waals surface area contributed by atoms with Crippen molar-refractivity contribution >= 4 is 5.97 Å². The fourth-order valence-electron chi connectivity index (χ4n) is 1.31. The Balaban J connectivity index is 2.40. The van der Waals surface area contributed by atoms with Crippen molar-refractivity contribution in [1.82, 2.24) is 4.90 Å². The zero-order valence-electron chi connectivity index (χ0n) is 7.18. The van der Waals surface area contributed by atoms with Crippen LogP contribution in [0.4, 0.5) is 0 Å². The molecule has 1 aliphatic rings. The van der Waals surface area contributed by atoms with Crippen LogP contribution in [-0.4, -0.2) is 58.0 Å². The van der Waals surface area contributed by atoms with Gasteiger partial charge in [-0.05, 0) is 0 Å². The average molecular weight is 187 g/mol. The second kappa shape index (κ2) is 3.87. The van der Waals surface area contributed by atoms with Crippen LogP contribution in [-0.2, 0) is 4.79 Å². The molecule has 5 heteroatoms. The van der Waals surface area contributed by atoms with Crippen LogP contribution < -0.4 is 0 Å². The molecule has 1 fully saturated rings. The molecule has 0 aromatic carbocycles. The van der Waals surface area contributed by atoms with Gasteiger partial charge in [-0.1, -0.05) is 6.58 Å². The highest BCUT2D eigenvalue weighted by molar-refractivity contribution is 5.86. The van der Waals surface area contributed by atoms with E-state index in [1.165, 1.54) is 0 Å². The smallest absolute Gasteiger partial charge is 0.332 e. The minimum absolute atomic E-state index is 0.0706. The van der Waals surface area contributed by atoms with E-state index in [0.717, 1.165) is 0 Å². The predicted octanol–water partition coefficient (Wildman–Crippen LogP) is -1.34. The summed E-state index contributed by atoms with van der Waals surface area (Å²) < 4.78 is 0. The van der Waals surface area contributed by atoms with Crippen molar-refractivity contribution in [2.24, 2.45) is 0 Å². The van der Waals surface area contributed by atoms with Gasteiger partial charge in [0.2, 0.25) is 0 Å². The van der Waals surface area contributed by atoms with Gasteiger partial charge in [-0.25, -0.2) is 4.79 Å². The first-order valence-electron chi connectivity index (χ1n) is 4.00. The fraction of sp³-hybridized carbons (Fsp3) is 0.625. The predicted molar refractivity (Wildman–Crippen MR) is 45.2 cm³/mol. The lowest BCUT2D eigenvalue weighted by Crippen LogP contribution is -2.26. The monoisotopic (exact) mass is 187 g/mol. The van der Waals surface area contributed by atoms with E-state index in [2.05, 4.69) is 6.58 Å². The van der Waals surface area contributed by atoms with Crippen molar-refractivity contribution in [3.05, 3.63) is 12.2 Å². The Kier molecular flexibility index (Phi) is 3.02. The molecule has 5 nitrogen and oxygen atoms in total. The highest BCUT2D eigenvalue weighted by atomic mass is 16.4. The quantitative estimate of drug-likeness (QED) is 0.477. The minimum atomic E-state index is -1.05. The van der Waals surface area contributed by atoms with Gasteiger partial charge in [0.05, 0.1) is 12.2 Å². The molecule has 0 aliphatic carbocycles. The van der Waals surface area contributed by atoms with Crippen LogP contribution in [0.2, 0.25) is 0 Å². The Labute approximate surface area is 75.9 Å². The maximum absolute atomic E-state index is 10.4. The SMILES string of the molecule is C=C(CN1CC(O)C(O)C1)C(=O)O. The standard InChI is InChI=1S/C8H13NO4/c1-5(8(12)13)2-9-3-6(10)7(11)4-9/h6-7,10-11H,1-4H2,(H,12,13). The molecule has 0 spiro atoms. The van der Waals surface area contributed by atoms with Crippen LogP contribution in [0, 0.1) is 0 Å². The minimum Gasteiger partial charge on any atom is -0.478 e. The summed E-state index contributed by atoms with van der Waals surface area (Å²) in [5, 5.41) is 26.8. The van der Waals surface area contributed by atoms with Gasteiger partial charge in [0.15, 0.2) is 0 Å². The first-order valence-corrected chi connectivity index (χ1v) is 4.00. The third kappa shape index (κ3) is 2.51. The average Bonchev–Trinajstić information content (AvgIpc) is 2.31. The lowest BCUT2D eigenvalue weighted by Gasteiger charge is -2.13. The Morgan fingerprint density at radius 2 is 1.85 bits per heavy atom. The summed E-state index contributed by atoms with van der Waals surface area (Å²) in [7, 11) is 0. The summed E-state index contributed by atoms with van der Waals surface area (Å²) in [6, 6.07) is 0. The normalized spacial score (nSPS) is 29.1. The van der Waals surface area contributed by atoms with Crippen LogP contribution >= 0.6 is 0 Å². The van der Waals surface area contributed by atoms with Gasteiger partial charge in [0.1, 0.15) is 0 Å². The first kappa shape index (κ1) is 10.2. The van der Waals surface area contributed by atoms with Crippen LogP contribution in [0.5, 0.6) is 0 Å². The fourth-order valence-corrected chi connectivity index (χ4v) is 1.31. The van der Waals surface area contributed by atoms with E-state index < -0.39 is 18.2 Å². The number of carboxylic acids is 1. The molecule has 0 saturated carbocycles. The van der Waals surface area contributed by atoms with E-state index in [-0.39, 0.29) is 12.1 Å². The second-order valence-corrected chi connectivity index (χ2v) is 3.24. The molecule has 13 heavy (non-hydrogen) atoms. The number of nitrogens with zero attached hydrogens (tertiary/aromatic N) is 1. The molecule has 0 amide bonds. The van der Waals surface area contributed by atoms with E-state index in [1.54, 1.807) is 4.90 Å². The van der Waals surface area contributed by atoms with Crippen molar-refractivity contribution in [1.29, 1.82) is 0 Å². The number of rotatable bonds is 3. The van der Waals surface area contributed by atoms with E-state index >= 15 is 0 Å². The second-order valence-electron chi connectivity index (χ2n) is 3.24. The third-order valence-corrected chi connectivity index (χ3v) is 2.05. The molecule has 1 saturated heterocycles. The maximum Gasteiger partial charge on any atom is 0.332 e. The molecule has 3 N–H and O–H groups in total. The van der Waals surface area contributed by atoms with Gasteiger partial charge in [-0.2, -0.15) is 0 Å². The number of likely N-dealkylation sites (tertiary alicyclic amines) is 1. The number of β-amino-alcohol motifs (C(OH)–C–C–N with tert-alkyl or cyclic N) is 2. The number of aliphatic carboxylic acids is 1. The Bertz CT molecular complexity index is 218. The number of hydrogen-bond donors (Lipinski definition) is 3. The molecule has 74 valence electrons. The highest BCUT2D eigenvalue weighted by Crippen LogP contribution is 2.11. The van der Waals surface area contributed by atoms with Crippen LogP contribution in [0.3, 0.4) is 0 Å². The van der Waals surface area contributed by atoms with E-state index in [4.69, 9.17) is 15.3 Å². The third-order valence-electron chi connectivity index (χ3n) is 2.05. The molecule has 0 aromatic heterocycles. The highest BCUT2D eigenvalue weighted by Gasteiger charge is 2.29. The Morgan fingerprint density at radius 1 is 1.38 bits per heavy atom. The molecular weight excluding hydrogens is 174 g/mol. The van der Waals surface area contributed by atoms with Gasteiger partial charge in [0.25, 0.3) is 0 Å². The molecule has 0 radical (unpaired) electrons. The van der Waals surface area contributed by atoms with Crippen molar-refractivity contribution < 1.29 is 20.1 Å². The number of hydrogen-bond acceptors (Lipinski definition) is 4. The van der Waals surface area contributed by atoms with E-state index in [9.17, 15) is 4.79 Å². The summed E-state index contributed by atoms with van der Waals surface area (Å²) in [6.45, 7) is 4.15. The Hall–Kier alpha value is -0.910. The first-order chi connectivity index (χ1) is 6.00. The largest absolute Gasteiger partial charge is 0.478 e. The van der Waals surface area contributed by atoms with Gasteiger partial charge in [-0.3, -0.25) is 4.90 Å². The molecule has 2 unspecified atom stereocenters. The van der Waals surface area contributed by atoms with Crippen LogP contribution in [0.15, 0.2) is 12.2 Å². The summed E-state index contributed by atoms with van der Waals surface area (Å²) in [6.07, 6.45) is -1.55. The van der Waals surface area contributed by atoms with Crippen LogP contribution in [0.25, 0.3) is 0 Å². The summed E-state index contributed by atoms with van der Waals surface area (Å²) in [5.41, 5.74) is 0.0706. The van der Waals surface area contributed by atoms with E-state index in [0.29, 0.717) is 13.1 Å². The molecular formula is C8H13NO4. The van der Waals surface area contributed by atoms with Crippen molar-refractivity contribution in [2.45, 2.75) is 12.2 Å². The van der Waals surface area contributed by atoms with Crippen LogP contribution in [0.1, 0.15) is 0 Å². The van der Waals surface area contributed by atoms with Gasteiger partial charge < -0.3 is 15.3 Å². The van der Waals surface area contributed by atoms with Gasteiger partial charge in [0, 0.05) is 25.2 Å². The maximum atomic E-state index is 10.4. The Morgan fingerprint density at radius 3 is 2.23 bits per heavy atom. The van der Waals surface area contributed by atoms with Crippen molar-refractivity contribution in [3.8, 4) is 0 Å². The number of carbonyl (C=O) groups is 1. The summed E-state index contributed by atoms with van der Waals surface area (Å²) >= 11 is 0. The lowest BCUT2D eigenvalue weighted by molar-refractivity contribution is -0.132. The summed E-state index contributed by atoms with van der Waals surface area (Å²) in [5.74, 6) is -1.05. The number of aliphatic hydroxyl groups is 2. The van der Waals surface area contributed by atoms with Crippen molar-refractivity contribution in [3.63, 3.8) is 0 Å². The topological polar surface area (TPSA) is 81.0 Å². The number of aliphatic hydroxyl groups excluding tert-OH is 2. The van der Waals surface area contributed by atoms with E-state index in [1.807, 2.05) is 0 Å². The molecule has 2 atom stereocenters. The zero-order valence-corrected chi connectivity index (χ0v) is 7.18. The molecule has 0 bridgehead atoms. The van der Waals surface area contributed by atoms with Gasteiger partial charge >= 0.3 is 5.97 Å². The molecule has 1 heterocycles. The molecule has 1 aliphatic heterocycles.